The Morgan fingerprint density at radius 2 is 2.10 bits per heavy atom. The Morgan fingerprint density at radius 1 is 1.30 bits per heavy atom. The van der Waals surface area contributed by atoms with E-state index in [1.807, 2.05) is 30.5 Å². The van der Waals surface area contributed by atoms with Gasteiger partial charge in [0.1, 0.15) is 0 Å². The Bertz CT molecular complexity index is 414. The van der Waals surface area contributed by atoms with Crippen LogP contribution in [0.25, 0.3) is 0 Å². The van der Waals surface area contributed by atoms with Crippen LogP contribution in [0.2, 0.25) is 0 Å². The number of rotatable bonds is 4. The molecule has 1 aromatic carbocycles. The Hall–Kier alpha value is -1.20. The third kappa shape index (κ3) is 5.06. The first-order valence-electron chi connectivity index (χ1n) is 7.20. The molecular weight excluding hydrogens is 270 g/mol. The second-order valence-electron chi connectivity index (χ2n) is 5.06. The first-order valence-corrected chi connectivity index (χ1v) is 8.42. The molecule has 110 valence electrons. The van der Waals surface area contributed by atoms with Crippen molar-refractivity contribution >= 4 is 23.5 Å². The van der Waals surface area contributed by atoms with Crippen LogP contribution < -0.4 is 16.0 Å². The van der Waals surface area contributed by atoms with Gasteiger partial charge in [-0.05, 0) is 49.9 Å². The SMILES string of the molecule is CSc1ccc(NC(=O)NCC2CCCCCN2)cc1. The van der Waals surface area contributed by atoms with Gasteiger partial charge in [0.05, 0.1) is 0 Å². The fourth-order valence-corrected chi connectivity index (χ4v) is 2.75. The van der Waals surface area contributed by atoms with E-state index in [2.05, 4.69) is 16.0 Å². The molecule has 1 fully saturated rings. The van der Waals surface area contributed by atoms with Crippen molar-refractivity contribution in [1.82, 2.24) is 10.6 Å². The van der Waals surface area contributed by atoms with Gasteiger partial charge in [0.2, 0.25) is 0 Å². The highest BCUT2D eigenvalue weighted by Crippen LogP contribution is 2.17. The number of thioether (sulfide) groups is 1. The van der Waals surface area contributed by atoms with E-state index < -0.39 is 0 Å². The highest BCUT2D eigenvalue weighted by atomic mass is 32.2. The van der Waals surface area contributed by atoms with E-state index in [0.717, 1.165) is 18.7 Å². The van der Waals surface area contributed by atoms with Gasteiger partial charge in [0.25, 0.3) is 0 Å². The van der Waals surface area contributed by atoms with Crippen molar-refractivity contribution in [3.05, 3.63) is 24.3 Å². The number of carbonyl (C=O) groups is 1. The number of urea groups is 1. The van der Waals surface area contributed by atoms with Crippen molar-refractivity contribution in [1.29, 1.82) is 0 Å². The summed E-state index contributed by atoms with van der Waals surface area (Å²) in [6, 6.07) is 8.14. The van der Waals surface area contributed by atoms with Gasteiger partial charge < -0.3 is 16.0 Å². The van der Waals surface area contributed by atoms with Gasteiger partial charge in [0.15, 0.2) is 0 Å². The van der Waals surface area contributed by atoms with Crippen LogP contribution in [0.4, 0.5) is 10.5 Å². The topological polar surface area (TPSA) is 53.2 Å². The third-order valence-electron chi connectivity index (χ3n) is 3.52. The van der Waals surface area contributed by atoms with Crippen molar-refractivity contribution in [2.75, 3.05) is 24.7 Å². The molecule has 1 unspecified atom stereocenters. The highest BCUT2D eigenvalue weighted by molar-refractivity contribution is 7.98. The molecule has 0 radical (unpaired) electrons. The van der Waals surface area contributed by atoms with E-state index in [4.69, 9.17) is 0 Å². The molecule has 0 spiro atoms. The predicted octanol–water partition coefficient (Wildman–Crippen LogP) is 3.06. The van der Waals surface area contributed by atoms with Gasteiger partial charge >= 0.3 is 6.03 Å². The average molecular weight is 293 g/mol. The molecule has 5 heteroatoms. The Morgan fingerprint density at radius 3 is 2.85 bits per heavy atom. The van der Waals surface area contributed by atoms with Crippen LogP contribution in [-0.4, -0.2) is 31.4 Å². The molecule has 1 aliphatic heterocycles. The zero-order valence-corrected chi connectivity index (χ0v) is 12.8. The van der Waals surface area contributed by atoms with E-state index in [1.54, 1.807) is 11.8 Å². The minimum atomic E-state index is -0.132. The lowest BCUT2D eigenvalue weighted by molar-refractivity contribution is 0.250. The summed E-state index contributed by atoms with van der Waals surface area (Å²) in [4.78, 5) is 13.0. The summed E-state index contributed by atoms with van der Waals surface area (Å²) < 4.78 is 0. The summed E-state index contributed by atoms with van der Waals surface area (Å²) in [6.07, 6.45) is 6.96. The van der Waals surface area contributed by atoms with E-state index in [-0.39, 0.29) is 6.03 Å². The van der Waals surface area contributed by atoms with Crippen molar-refractivity contribution in [2.24, 2.45) is 0 Å². The molecule has 20 heavy (non-hydrogen) atoms. The maximum Gasteiger partial charge on any atom is 0.319 e. The molecule has 0 aromatic heterocycles. The number of nitrogens with one attached hydrogen (secondary N) is 3. The summed E-state index contributed by atoms with van der Waals surface area (Å²) in [5, 5.41) is 9.27. The zero-order valence-electron chi connectivity index (χ0n) is 11.9. The molecule has 3 N–H and O–H groups in total. The first-order chi connectivity index (χ1) is 9.78. The largest absolute Gasteiger partial charge is 0.336 e. The summed E-state index contributed by atoms with van der Waals surface area (Å²) in [7, 11) is 0. The van der Waals surface area contributed by atoms with Gasteiger partial charge in [0, 0.05) is 23.2 Å². The molecule has 0 bridgehead atoms. The van der Waals surface area contributed by atoms with Crippen LogP contribution in [0.3, 0.4) is 0 Å². The molecule has 4 nitrogen and oxygen atoms in total. The highest BCUT2D eigenvalue weighted by Gasteiger charge is 2.12. The first kappa shape index (κ1) is 15.2. The van der Waals surface area contributed by atoms with Crippen LogP contribution >= 0.6 is 11.8 Å². The number of hydrogen-bond donors (Lipinski definition) is 3. The minimum absolute atomic E-state index is 0.132. The number of anilines is 1. The van der Waals surface area contributed by atoms with Gasteiger partial charge in [-0.15, -0.1) is 11.8 Å². The quantitative estimate of drug-likeness (QED) is 0.748. The summed E-state index contributed by atoms with van der Waals surface area (Å²) in [6.45, 7) is 1.75. The number of carbonyl (C=O) groups excluding carboxylic acids is 1. The normalized spacial score (nSPS) is 19.1. The summed E-state index contributed by atoms with van der Waals surface area (Å²) in [5.74, 6) is 0. The lowest BCUT2D eigenvalue weighted by Gasteiger charge is -2.16. The molecule has 0 saturated carbocycles. The monoisotopic (exact) mass is 293 g/mol. The van der Waals surface area contributed by atoms with Crippen LogP contribution in [0.5, 0.6) is 0 Å². The second-order valence-corrected chi connectivity index (χ2v) is 5.94. The fraction of sp³-hybridized carbons (Fsp3) is 0.533. The number of benzene rings is 1. The van der Waals surface area contributed by atoms with Crippen molar-refractivity contribution < 1.29 is 4.79 Å². The van der Waals surface area contributed by atoms with Crippen LogP contribution in [-0.2, 0) is 0 Å². The van der Waals surface area contributed by atoms with Crippen LogP contribution in [0.1, 0.15) is 25.7 Å². The Balaban J connectivity index is 1.73. The van der Waals surface area contributed by atoms with E-state index in [0.29, 0.717) is 12.6 Å². The van der Waals surface area contributed by atoms with Gasteiger partial charge in [-0.3, -0.25) is 0 Å². The van der Waals surface area contributed by atoms with Gasteiger partial charge in [-0.1, -0.05) is 12.8 Å². The molecule has 1 aromatic rings. The maximum absolute atomic E-state index is 11.8. The lowest BCUT2D eigenvalue weighted by atomic mass is 10.1. The standard InChI is InChI=1S/C15H23N3OS/c1-20-14-8-6-12(7-9-14)18-15(19)17-11-13-5-3-2-4-10-16-13/h6-9,13,16H,2-5,10-11H2,1H3,(H2,17,18,19). The fourth-order valence-electron chi connectivity index (χ4n) is 2.34. The van der Waals surface area contributed by atoms with Crippen LogP contribution in [0, 0.1) is 0 Å². The molecule has 0 aliphatic carbocycles. The van der Waals surface area contributed by atoms with Crippen molar-refractivity contribution in [3.63, 3.8) is 0 Å². The number of hydrogen-bond acceptors (Lipinski definition) is 3. The third-order valence-corrected chi connectivity index (χ3v) is 4.26. The molecule has 1 saturated heterocycles. The van der Waals surface area contributed by atoms with Crippen LogP contribution in [0.15, 0.2) is 29.2 Å². The van der Waals surface area contributed by atoms with Crippen molar-refractivity contribution in [3.8, 4) is 0 Å². The maximum atomic E-state index is 11.8. The summed E-state index contributed by atoms with van der Waals surface area (Å²) in [5.41, 5.74) is 0.828. The molecule has 2 rings (SSSR count). The van der Waals surface area contributed by atoms with E-state index >= 15 is 0 Å². The van der Waals surface area contributed by atoms with Crippen molar-refractivity contribution in [2.45, 2.75) is 36.6 Å². The van der Waals surface area contributed by atoms with Gasteiger partial charge in [-0.2, -0.15) is 0 Å². The number of amides is 2. The minimum Gasteiger partial charge on any atom is -0.336 e. The molecule has 1 heterocycles. The molecule has 2 amide bonds. The smallest absolute Gasteiger partial charge is 0.319 e. The predicted molar refractivity (Wildman–Crippen MR) is 85.5 cm³/mol. The zero-order chi connectivity index (χ0) is 14.2. The van der Waals surface area contributed by atoms with E-state index in [9.17, 15) is 4.79 Å². The second kappa shape index (κ2) is 8.17. The Labute approximate surface area is 125 Å². The molecular formula is C15H23N3OS. The van der Waals surface area contributed by atoms with E-state index in [1.165, 1.54) is 24.2 Å². The lowest BCUT2D eigenvalue weighted by Crippen LogP contribution is -2.41. The van der Waals surface area contributed by atoms with Gasteiger partial charge in [-0.25, -0.2) is 4.79 Å². The molecule has 1 atom stereocenters. The Kier molecular flexibility index (Phi) is 6.21. The summed E-state index contributed by atoms with van der Waals surface area (Å²) >= 11 is 1.69. The average Bonchev–Trinajstić information content (AvgIpc) is 2.74. The molecule has 1 aliphatic rings.